The number of hydrogen-bond acceptors (Lipinski definition) is 5. The molecule has 3 N–H and O–H groups in total. The minimum absolute atomic E-state index is 0.0491. The van der Waals surface area contributed by atoms with E-state index in [4.69, 9.17) is 9.47 Å². The molecule has 1 amide bonds. The molecule has 0 radical (unpaired) electrons. The van der Waals surface area contributed by atoms with Gasteiger partial charge in [0.2, 0.25) is 0 Å². The van der Waals surface area contributed by atoms with E-state index in [2.05, 4.69) is 0 Å². The van der Waals surface area contributed by atoms with E-state index in [9.17, 15) is 29.3 Å². The van der Waals surface area contributed by atoms with E-state index in [1.54, 1.807) is 71.0 Å². The van der Waals surface area contributed by atoms with Crippen LogP contribution in [0.4, 0.5) is 9.18 Å². The number of carbonyl (C=O) groups is 2. The average molecular weight is 573 g/mol. The summed E-state index contributed by atoms with van der Waals surface area (Å²) in [6.45, 7) is 9.02. The lowest BCUT2D eigenvalue weighted by Crippen LogP contribution is -2.73. The molecule has 41 heavy (non-hydrogen) atoms. The number of carboxylic acid groups (broad SMARTS) is 2. The highest BCUT2D eigenvalue weighted by molar-refractivity contribution is 5.77. The molecule has 1 unspecified atom stereocenters. The van der Waals surface area contributed by atoms with Crippen molar-refractivity contribution < 1.29 is 43.3 Å². The van der Waals surface area contributed by atoms with Crippen LogP contribution in [0.2, 0.25) is 0 Å². The summed E-state index contributed by atoms with van der Waals surface area (Å²) in [4.78, 5) is 26.4. The van der Waals surface area contributed by atoms with Gasteiger partial charge in [-0.15, -0.1) is 0 Å². The second-order valence-electron chi connectivity index (χ2n) is 12.6. The zero-order valence-corrected chi connectivity index (χ0v) is 24.6. The quantitative estimate of drug-likeness (QED) is 0.336. The Bertz CT molecular complexity index is 1270. The van der Waals surface area contributed by atoms with E-state index >= 15 is 0 Å². The van der Waals surface area contributed by atoms with Gasteiger partial charge in [0.05, 0.1) is 19.3 Å². The molecule has 2 saturated heterocycles. The number of nitrogens with zero attached hydrogens (tertiary/aromatic N) is 1. The van der Waals surface area contributed by atoms with Crippen LogP contribution >= 0.6 is 0 Å². The molecule has 0 bridgehead atoms. The molecule has 0 spiro atoms. The lowest BCUT2D eigenvalue weighted by atomic mass is 9.58. The molecule has 8 nitrogen and oxygen atoms in total. The molecule has 2 fully saturated rings. The van der Waals surface area contributed by atoms with Crippen molar-refractivity contribution in [3.05, 3.63) is 65.0 Å². The lowest BCUT2D eigenvalue weighted by molar-refractivity contribution is -0.918. The first-order valence-electron chi connectivity index (χ1n) is 14.4. The lowest BCUT2D eigenvalue weighted by Gasteiger charge is -2.57. The number of carboxylic acids is 1. The Hall–Kier alpha value is -3.01. The predicted octanol–water partition coefficient (Wildman–Crippen LogP) is 6.26. The fourth-order valence-corrected chi connectivity index (χ4v) is 6.89. The molecule has 2 heterocycles. The van der Waals surface area contributed by atoms with Gasteiger partial charge in [-0.05, 0) is 81.8 Å². The summed E-state index contributed by atoms with van der Waals surface area (Å²) in [5.41, 5.74) is -1.26. The molecule has 2 aliphatic heterocycles. The number of aliphatic hydroxyl groups is 1. The maximum atomic E-state index is 15.0. The summed E-state index contributed by atoms with van der Waals surface area (Å²) in [6.07, 6.45) is -0.0135. The van der Waals surface area contributed by atoms with Crippen LogP contribution in [-0.4, -0.2) is 63.4 Å². The third-order valence-electron chi connectivity index (χ3n) is 9.46. The third-order valence-corrected chi connectivity index (χ3v) is 9.46. The first kappa shape index (κ1) is 30.9. The number of halogens is 1. The van der Waals surface area contributed by atoms with Gasteiger partial charge in [0.1, 0.15) is 29.1 Å². The molecule has 2 aliphatic rings. The first-order valence-corrected chi connectivity index (χ1v) is 14.4. The molecule has 0 aliphatic carbocycles. The summed E-state index contributed by atoms with van der Waals surface area (Å²) in [5.74, 6) is -2.89. The maximum Gasteiger partial charge on any atom is 0.514 e. The molecule has 6 atom stereocenters. The van der Waals surface area contributed by atoms with Gasteiger partial charge in [0.25, 0.3) is 0 Å². The van der Waals surface area contributed by atoms with Crippen LogP contribution in [0.25, 0.3) is 0 Å². The summed E-state index contributed by atoms with van der Waals surface area (Å²) in [7, 11) is 0. The Morgan fingerprint density at radius 3 is 2.46 bits per heavy atom. The monoisotopic (exact) mass is 572 g/mol. The van der Waals surface area contributed by atoms with E-state index in [-0.39, 0.29) is 19.5 Å². The number of quaternary nitrogens is 1. The standard InChI is InChI=1S/C32H42FNO7/c1-6-32(29(36)37)19-34(30(38)39,31(3,4)5)18-24(27(32)23-13-10-14-25(33)20(23)2)28(35)21-11-9-12-22(17-21)41-26-15-7-8-16-40-26/h9-14,17,24,26-28,35H,6-8,15-16,18-19H2,1-5H3,(H-,36,37,38,39)/p+1/t24-,26-,27+,28?,32-,34-/m0/s1. The van der Waals surface area contributed by atoms with Crippen molar-refractivity contribution in [1.29, 1.82) is 0 Å². The van der Waals surface area contributed by atoms with Crippen LogP contribution in [0, 0.1) is 24.1 Å². The zero-order valence-electron chi connectivity index (χ0n) is 24.6. The summed E-state index contributed by atoms with van der Waals surface area (Å²) >= 11 is 0. The Balaban J connectivity index is 1.90. The van der Waals surface area contributed by atoms with Crippen LogP contribution in [0.3, 0.4) is 0 Å². The van der Waals surface area contributed by atoms with Gasteiger partial charge in [-0.25, -0.2) is 8.87 Å². The van der Waals surface area contributed by atoms with Crippen molar-refractivity contribution in [1.82, 2.24) is 0 Å². The molecule has 0 aromatic heterocycles. The number of ether oxygens (including phenoxy) is 2. The van der Waals surface area contributed by atoms with Crippen LogP contribution in [0.5, 0.6) is 5.75 Å². The van der Waals surface area contributed by atoms with Crippen molar-refractivity contribution in [3.63, 3.8) is 0 Å². The van der Waals surface area contributed by atoms with Gasteiger partial charge in [-0.2, -0.15) is 4.79 Å². The largest absolute Gasteiger partial charge is 0.514 e. The second kappa shape index (κ2) is 11.7. The summed E-state index contributed by atoms with van der Waals surface area (Å²) in [6, 6.07) is 11.5. The molecule has 2 aromatic rings. The number of aliphatic carboxylic acids is 1. The number of hydrogen-bond donors (Lipinski definition) is 3. The van der Waals surface area contributed by atoms with E-state index in [1.165, 1.54) is 6.07 Å². The van der Waals surface area contributed by atoms with Crippen molar-refractivity contribution in [2.45, 2.75) is 84.2 Å². The van der Waals surface area contributed by atoms with Crippen molar-refractivity contribution in [3.8, 4) is 5.75 Å². The van der Waals surface area contributed by atoms with Crippen molar-refractivity contribution in [2.24, 2.45) is 11.3 Å². The summed E-state index contributed by atoms with van der Waals surface area (Å²) in [5, 5.41) is 33.6. The Morgan fingerprint density at radius 2 is 1.88 bits per heavy atom. The number of amides is 1. The molecular weight excluding hydrogens is 529 g/mol. The van der Waals surface area contributed by atoms with Crippen LogP contribution in [0.15, 0.2) is 42.5 Å². The van der Waals surface area contributed by atoms with E-state index in [0.29, 0.717) is 29.0 Å². The van der Waals surface area contributed by atoms with Gasteiger partial charge < -0.3 is 24.8 Å². The highest BCUT2D eigenvalue weighted by Crippen LogP contribution is 2.56. The van der Waals surface area contributed by atoms with Crippen LogP contribution < -0.4 is 4.74 Å². The number of rotatable bonds is 7. The average Bonchev–Trinajstić information content (AvgIpc) is 2.93. The molecule has 0 saturated carbocycles. The SMILES string of the molecule is CC[C@]1(C(=O)O)C[N@@+](C(=O)O)(C(C)(C)C)C[C@H](C(O)c2cccc(O[C@H]3CCCCO3)c2)[C@H]1c1cccc(F)c1C. The van der Waals surface area contributed by atoms with Gasteiger partial charge in [-0.3, -0.25) is 4.79 Å². The Kier molecular flexibility index (Phi) is 8.83. The Morgan fingerprint density at radius 1 is 1.17 bits per heavy atom. The Labute approximate surface area is 241 Å². The normalized spacial score (nSPS) is 29.5. The second-order valence-corrected chi connectivity index (χ2v) is 12.6. The predicted molar refractivity (Wildman–Crippen MR) is 151 cm³/mol. The molecule has 224 valence electrons. The third kappa shape index (κ3) is 5.59. The van der Waals surface area contributed by atoms with E-state index < -0.39 is 57.5 Å². The van der Waals surface area contributed by atoms with Gasteiger partial charge in [0, 0.05) is 18.3 Å². The first-order chi connectivity index (χ1) is 19.3. The number of likely N-dealkylation sites (tertiary alicyclic amines) is 1. The molecule has 9 heteroatoms. The number of aliphatic hydroxyl groups excluding tert-OH is 1. The smallest absolute Gasteiger partial charge is 0.481 e. The fourth-order valence-electron chi connectivity index (χ4n) is 6.89. The minimum atomic E-state index is -1.60. The molecule has 2 aromatic carbocycles. The highest BCUT2D eigenvalue weighted by Gasteiger charge is 2.66. The van der Waals surface area contributed by atoms with Gasteiger partial charge >= 0.3 is 12.1 Å². The van der Waals surface area contributed by atoms with Gasteiger partial charge in [-0.1, -0.05) is 31.2 Å². The van der Waals surface area contributed by atoms with E-state index in [0.717, 1.165) is 19.3 Å². The number of benzene rings is 2. The van der Waals surface area contributed by atoms with E-state index in [1.807, 2.05) is 0 Å². The highest BCUT2D eigenvalue weighted by atomic mass is 19.1. The minimum Gasteiger partial charge on any atom is -0.481 e. The maximum absolute atomic E-state index is 15.0. The summed E-state index contributed by atoms with van der Waals surface area (Å²) < 4.78 is 26.1. The molecular formula is C32H43FNO7+. The zero-order chi connectivity index (χ0) is 30.2. The fraction of sp³-hybridized carbons (Fsp3) is 0.562. The number of piperidine rings is 1. The van der Waals surface area contributed by atoms with Crippen molar-refractivity contribution >= 4 is 12.1 Å². The topological polar surface area (TPSA) is 113 Å². The van der Waals surface area contributed by atoms with Gasteiger partial charge in [0.15, 0.2) is 6.29 Å². The van der Waals surface area contributed by atoms with Crippen molar-refractivity contribution in [2.75, 3.05) is 19.7 Å². The van der Waals surface area contributed by atoms with Crippen LogP contribution in [0.1, 0.15) is 82.1 Å². The van der Waals surface area contributed by atoms with Crippen LogP contribution in [-0.2, 0) is 9.53 Å². The molecule has 4 rings (SSSR count).